The Hall–Kier alpha value is 0.349. The van der Waals surface area contributed by atoms with Gasteiger partial charge in [0.1, 0.15) is 0 Å². The van der Waals surface area contributed by atoms with E-state index in [4.69, 9.17) is 19.7 Å². The van der Waals surface area contributed by atoms with Crippen LogP contribution in [-0.2, 0) is 31.5 Å². The van der Waals surface area contributed by atoms with Crippen LogP contribution in [0.5, 0.6) is 0 Å². The van der Waals surface area contributed by atoms with Crippen LogP contribution in [0.2, 0.25) is 0 Å². The summed E-state index contributed by atoms with van der Waals surface area (Å²) in [6.45, 7) is 31.1. The van der Waals surface area contributed by atoms with E-state index in [2.05, 4.69) is 75.2 Å². The van der Waals surface area contributed by atoms with Crippen molar-refractivity contribution in [2.24, 2.45) is 0 Å². The molecule has 0 aliphatic carbocycles. The first-order chi connectivity index (χ1) is 10.5. The molecular formula is C17H37MnNO3P2-2. The summed E-state index contributed by atoms with van der Waals surface area (Å²) in [5.74, 6) is 0. The summed E-state index contributed by atoms with van der Waals surface area (Å²) in [5, 5.41) is 5.80. The van der Waals surface area contributed by atoms with Crippen molar-refractivity contribution in [2.45, 2.75) is 51.9 Å². The molecule has 0 aromatic rings. The fraction of sp³-hybridized carbons (Fsp3) is 0.824. The molecule has 1 radical (unpaired) electrons. The molecule has 0 aromatic carbocycles. The van der Waals surface area contributed by atoms with Crippen molar-refractivity contribution in [3.63, 3.8) is 0 Å². The average Bonchev–Trinajstić information content (AvgIpc) is 2.50. The third-order valence-electron chi connectivity index (χ3n) is 3.85. The normalized spacial score (nSPS) is 12.5. The maximum atomic E-state index is 7.75. The molecule has 0 heterocycles. The predicted octanol–water partition coefficient (Wildman–Crippen LogP) is 3.82. The fourth-order valence-electron chi connectivity index (χ4n) is 1.36. The molecule has 0 aliphatic heterocycles. The monoisotopic (exact) mass is 420 g/mol. The quantitative estimate of drug-likeness (QED) is 0.216. The van der Waals surface area contributed by atoms with Gasteiger partial charge >= 0.3 is 0 Å². The molecule has 2 atom stereocenters. The Labute approximate surface area is 163 Å². The Morgan fingerprint density at radius 2 is 0.875 bits per heavy atom. The van der Waals surface area contributed by atoms with Crippen LogP contribution in [-0.4, -0.2) is 69.4 Å². The summed E-state index contributed by atoms with van der Waals surface area (Å²) in [4.78, 5) is 23.2. The zero-order chi connectivity index (χ0) is 19.7. The molecule has 0 aliphatic rings. The van der Waals surface area contributed by atoms with Crippen LogP contribution in [0.4, 0.5) is 0 Å². The molecule has 0 amide bonds. The predicted molar refractivity (Wildman–Crippen MR) is 111 cm³/mol. The maximum absolute atomic E-state index is 7.75. The third kappa shape index (κ3) is 24.6. The van der Waals surface area contributed by atoms with Crippen LogP contribution in [0, 0.1) is 0 Å². The molecule has 4 nitrogen and oxygen atoms in total. The van der Waals surface area contributed by atoms with Crippen molar-refractivity contribution in [3.8, 4) is 0 Å². The van der Waals surface area contributed by atoms with Gasteiger partial charge in [-0.15, -0.1) is 13.1 Å². The largest absolute Gasteiger partial charge is 0.656 e. The second kappa shape index (κ2) is 21.4. The summed E-state index contributed by atoms with van der Waals surface area (Å²) in [5.41, 5.74) is 0. The van der Waals surface area contributed by atoms with Crippen LogP contribution in [0.1, 0.15) is 41.5 Å². The minimum absolute atomic E-state index is 0. The van der Waals surface area contributed by atoms with E-state index in [-0.39, 0.29) is 32.9 Å². The van der Waals surface area contributed by atoms with Crippen molar-refractivity contribution < 1.29 is 31.5 Å². The van der Waals surface area contributed by atoms with Gasteiger partial charge in [0.2, 0.25) is 0 Å². The van der Waals surface area contributed by atoms with Crippen molar-refractivity contribution in [1.29, 1.82) is 0 Å². The van der Waals surface area contributed by atoms with E-state index in [1.165, 1.54) is 12.3 Å². The van der Waals surface area contributed by atoms with Gasteiger partial charge in [-0.2, -0.15) is 0 Å². The molecule has 24 heavy (non-hydrogen) atoms. The van der Waals surface area contributed by atoms with Crippen LogP contribution in [0.15, 0.2) is 0 Å². The Morgan fingerprint density at radius 3 is 1.04 bits per heavy atom. The molecule has 0 bridgehead atoms. The molecule has 0 fully saturated rings. The van der Waals surface area contributed by atoms with Gasteiger partial charge in [0.25, 0.3) is 0 Å². The Morgan fingerprint density at radius 1 is 0.667 bits per heavy atom. The van der Waals surface area contributed by atoms with Crippen LogP contribution >= 0.6 is 15.8 Å². The van der Waals surface area contributed by atoms with Crippen molar-refractivity contribution in [3.05, 3.63) is 5.32 Å². The van der Waals surface area contributed by atoms with Crippen LogP contribution in [0.25, 0.3) is 5.32 Å². The maximum Gasteiger partial charge on any atom is 0.0690 e. The van der Waals surface area contributed by atoms with E-state index in [1.54, 1.807) is 0 Å². The molecular weight excluding hydrogens is 383 g/mol. The van der Waals surface area contributed by atoms with Crippen molar-refractivity contribution in [2.75, 3.05) is 38.7 Å². The Bertz CT molecular complexity index is 232. The van der Waals surface area contributed by atoms with Crippen LogP contribution < -0.4 is 0 Å². The first kappa shape index (κ1) is 35.5. The van der Waals surface area contributed by atoms with Gasteiger partial charge in [0.15, 0.2) is 0 Å². The van der Waals surface area contributed by atoms with E-state index in [1.807, 2.05) is 0 Å². The van der Waals surface area contributed by atoms with E-state index >= 15 is 0 Å². The molecule has 2 unspecified atom stereocenters. The second-order valence-corrected chi connectivity index (χ2v) is 14.4. The number of nitrogens with zero attached hydrogens (tertiary/aromatic N) is 1. The van der Waals surface area contributed by atoms with Gasteiger partial charge in [0.05, 0.1) is 10.3 Å². The number of hydrogen-bond donors (Lipinski definition) is 0. The summed E-state index contributed by atoms with van der Waals surface area (Å²) < 4.78 is 0. The average molecular weight is 420 g/mol. The summed E-state index contributed by atoms with van der Waals surface area (Å²) >= 11 is 0. The van der Waals surface area contributed by atoms with E-state index in [0.717, 1.165) is 13.1 Å². The molecule has 0 saturated carbocycles. The number of rotatable bonds is 6. The smallest absolute Gasteiger partial charge is 0.0690 e. The van der Waals surface area contributed by atoms with E-state index in [0.29, 0.717) is 10.3 Å². The van der Waals surface area contributed by atoms with Gasteiger partial charge in [-0.25, -0.2) is 0 Å². The summed E-state index contributed by atoms with van der Waals surface area (Å²) in [7, 11) is -0.438. The third-order valence-corrected chi connectivity index (χ3v) is 10.9. The van der Waals surface area contributed by atoms with Crippen molar-refractivity contribution >= 4 is 36.2 Å². The van der Waals surface area contributed by atoms with Crippen LogP contribution in [0.3, 0.4) is 0 Å². The first-order valence-electron chi connectivity index (χ1n) is 7.55. The SMILES string of the molecule is C[PH+](CC[N-]CC[PH+](C)C(C)(C)C)C(C)(C)C.[CH-]=O.[CH-]=O.[CH-]=O.[Mn]. The molecule has 0 N–H and O–H groups in total. The molecule has 147 valence electrons. The minimum Gasteiger partial charge on any atom is -0.656 e. The zero-order valence-electron chi connectivity index (χ0n) is 16.6. The van der Waals surface area contributed by atoms with Gasteiger partial charge < -0.3 is 19.7 Å². The second-order valence-electron chi connectivity index (χ2n) is 7.23. The first-order valence-corrected chi connectivity index (χ1v) is 12.0. The molecule has 0 saturated heterocycles. The summed E-state index contributed by atoms with van der Waals surface area (Å²) in [6.07, 6.45) is 2.69. The van der Waals surface area contributed by atoms with E-state index < -0.39 is 0 Å². The number of carbonyl (C=O) groups excluding carboxylic acids is 3. The topological polar surface area (TPSA) is 65.3 Å². The zero-order valence-corrected chi connectivity index (χ0v) is 19.8. The minimum atomic E-state index is -0.219. The van der Waals surface area contributed by atoms with Gasteiger partial charge in [0, 0.05) is 58.6 Å². The molecule has 7 heteroatoms. The Kier molecular flexibility index (Phi) is 31.6. The van der Waals surface area contributed by atoms with E-state index in [9.17, 15) is 0 Å². The molecule has 0 rings (SSSR count). The molecule has 0 spiro atoms. The van der Waals surface area contributed by atoms with Gasteiger partial charge in [-0.1, -0.05) is 0 Å². The summed E-state index contributed by atoms with van der Waals surface area (Å²) in [6, 6.07) is 0. The standard InChI is InChI=1S/C14H32NP2.3CHO.Mn/c1-13(2,3)16(7)11-9-15-10-12-17(8)14(4,5)6;3*1-2;/h9-12H2,1-8H3;3*1H;/q4*-1;/p+2. The van der Waals surface area contributed by atoms with Crippen molar-refractivity contribution in [1.82, 2.24) is 0 Å². The van der Waals surface area contributed by atoms with Gasteiger partial charge in [-0.05, 0) is 41.5 Å². The molecule has 0 aromatic heterocycles. The number of hydrogen-bond acceptors (Lipinski definition) is 3. The van der Waals surface area contributed by atoms with Gasteiger partial charge in [-0.3, -0.25) is 20.4 Å². The Balaban J connectivity index is -0.000000153. The fourth-order valence-corrected chi connectivity index (χ4v) is 3.84.